The molecule has 0 N–H and O–H groups in total. The van der Waals surface area contributed by atoms with Gasteiger partial charge < -0.3 is 13.9 Å². The summed E-state index contributed by atoms with van der Waals surface area (Å²) in [5, 5.41) is 0. The van der Waals surface area contributed by atoms with Crippen LogP contribution in [-0.2, 0) is 20.6 Å². The zero-order valence-corrected chi connectivity index (χ0v) is 14.9. The molecule has 0 aliphatic carbocycles. The first-order valence-electron chi connectivity index (χ1n) is 7.99. The Labute approximate surface area is 140 Å². The largest absolute Gasteiger partial charge is 0.760 e. The summed E-state index contributed by atoms with van der Waals surface area (Å²) in [5.41, 5.74) is 1.47. The second kappa shape index (κ2) is 5.97. The molecule has 0 saturated carbocycles. The molecule has 3 rings (SSSR count). The van der Waals surface area contributed by atoms with E-state index in [1.54, 1.807) is 0 Å². The van der Waals surface area contributed by atoms with Gasteiger partial charge >= 0.3 is 7.12 Å². The third kappa shape index (κ3) is 3.26. The topological polar surface area (TPSA) is 61.8 Å². The minimum Gasteiger partial charge on any atom is -0.760 e. The zero-order chi connectivity index (χ0) is 16.8. The van der Waals surface area contributed by atoms with Crippen molar-refractivity contribution in [3.63, 3.8) is 0 Å². The minimum atomic E-state index is -2.12. The molecule has 2 unspecified atom stereocenters. The Morgan fingerprint density at radius 3 is 2.22 bits per heavy atom. The number of nitrogens with zero attached hydrogens (tertiary/aromatic N) is 1. The second-order valence-corrected chi connectivity index (χ2v) is 8.30. The van der Waals surface area contributed by atoms with E-state index in [1.165, 1.54) is 9.87 Å². The molecular weight excluding hydrogens is 313 g/mol. The highest BCUT2D eigenvalue weighted by molar-refractivity contribution is 7.76. The van der Waals surface area contributed by atoms with Crippen LogP contribution < -0.4 is 5.46 Å². The van der Waals surface area contributed by atoms with E-state index in [-0.39, 0.29) is 24.2 Å². The Kier molecular flexibility index (Phi) is 4.44. The van der Waals surface area contributed by atoms with Crippen molar-refractivity contribution in [3.8, 4) is 0 Å². The summed E-state index contributed by atoms with van der Waals surface area (Å²) in [6.07, 6.45) is 0.865. The number of rotatable bonds is 3. The molecule has 0 aromatic heterocycles. The van der Waals surface area contributed by atoms with Gasteiger partial charge in [-0.05, 0) is 51.1 Å². The molecule has 1 aromatic carbocycles. The quantitative estimate of drug-likeness (QED) is 0.621. The molecule has 0 spiro atoms. The van der Waals surface area contributed by atoms with Crippen LogP contribution in [0, 0.1) is 0 Å². The maximum absolute atomic E-state index is 11.0. The van der Waals surface area contributed by atoms with Crippen molar-refractivity contribution in [1.82, 2.24) is 4.31 Å². The van der Waals surface area contributed by atoms with E-state index in [4.69, 9.17) is 9.31 Å². The second-order valence-electron chi connectivity index (χ2n) is 7.35. The first-order chi connectivity index (χ1) is 10.7. The van der Waals surface area contributed by atoms with E-state index in [0.29, 0.717) is 13.1 Å². The molecule has 2 saturated heterocycles. The van der Waals surface area contributed by atoms with Crippen LogP contribution in [0.1, 0.15) is 45.6 Å². The zero-order valence-electron chi connectivity index (χ0n) is 14.1. The highest BCUT2D eigenvalue weighted by Crippen LogP contribution is 2.36. The first-order valence-corrected chi connectivity index (χ1v) is 9.03. The average Bonchev–Trinajstić information content (AvgIpc) is 3.03. The summed E-state index contributed by atoms with van der Waals surface area (Å²) in [6, 6.07) is 8.16. The van der Waals surface area contributed by atoms with Crippen LogP contribution in [0.3, 0.4) is 0 Å². The number of benzene rings is 1. The van der Waals surface area contributed by atoms with E-state index in [1.807, 2.05) is 39.8 Å². The van der Waals surface area contributed by atoms with E-state index >= 15 is 0 Å². The van der Waals surface area contributed by atoms with Crippen LogP contribution in [-0.4, -0.2) is 44.5 Å². The fourth-order valence-corrected chi connectivity index (χ4v) is 3.60. The summed E-state index contributed by atoms with van der Waals surface area (Å²) in [7, 11) is -0.358. The van der Waals surface area contributed by atoms with Crippen molar-refractivity contribution < 1.29 is 18.1 Å². The maximum Gasteiger partial charge on any atom is 0.494 e. The molecule has 7 heteroatoms. The van der Waals surface area contributed by atoms with Gasteiger partial charge in [-0.15, -0.1) is 0 Å². The van der Waals surface area contributed by atoms with E-state index in [9.17, 15) is 8.76 Å². The Morgan fingerprint density at radius 2 is 1.74 bits per heavy atom. The molecule has 5 nitrogen and oxygen atoms in total. The standard InChI is InChI=1S/C16H24BNO4S/c1-15(2)16(3,4)22-17(21-15)14-7-5-12(6-8-14)13-9-10-18(11-13)23(19)20/h5-8,13H,9-11H2,1-4H3,(H,19,20)/p-1. The van der Waals surface area contributed by atoms with Gasteiger partial charge in [-0.3, -0.25) is 4.21 Å². The van der Waals surface area contributed by atoms with Gasteiger partial charge in [0.1, 0.15) is 0 Å². The van der Waals surface area contributed by atoms with Gasteiger partial charge in [0.15, 0.2) is 0 Å². The van der Waals surface area contributed by atoms with Gasteiger partial charge in [0.2, 0.25) is 0 Å². The fraction of sp³-hybridized carbons (Fsp3) is 0.625. The van der Waals surface area contributed by atoms with Gasteiger partial charge in [-0.25, -0.2) is 4.31 Å². The molecule has 23 heavy (non-hydrogen) atoms. The summed E-state index contributed by atoms with van der Waals surface area (Å²) < 4.78 is 35.6. The van der Waals surface area contributed by atoms with Gasteiger partial charge in [0.25, 0.3) is 0 Å². The van der Waals surface area contributed by atoms with Gasteiger partial charge in [-0.2, -0.15) is 0 Å². The van der Waals surface area contributed by atoms with E-state index in [2.05, 4.69) is 12.1 Å². The number of hydrogen-bond acceptors (Lipinski definition) is 4. The van der Waals surface area contributed by atoms with Crippen LogP contribution in [0.2, 0.25) is 0 Å². The lowest BCUT2D eigenvalue weighted by Crippen LogP contribution is -2.41. The normalized spacial score (nSPS) is 28.2. The molecule has 0 radical (unpaired) electrons. The monoisotopic (exact) mass is 336 g/mol. The molecule has 2 aliphatic heterocycles. The third-order valence-electron chi connectivity index (χ3n) is 5.30. The Balaban J connectivity index is 1.70. The molecule has 2 fully saturated rings. The van der Waals surface area contributed by atoms with Crippen LogP contribution in [0.4, 0.5) is 0 Å². The Morgan fingerprint density at radius 1 is 1.17 bits per heavy atom. The van der Waals surface area contributed by atoms with Gasteiger partial charge in [-0.1, -0.05) is 24.3 Å². The predicted octanol–water partition coefficient (Wildman–Crippen LogP) is 1.57. The maximum atomic E-state index is 11.0. The van der Waals surface area contributed by atoms with Crippen molar-refractivity contribution in [2.24, 2.45) is 0 Å². The van der Waals surface area contributed by atoms with Gasteiger partial charge in [0.05, 0.1) is 11.2 Å². The minimum absolute atomic E-state index is 0.264. The molecule has 126 valence electrons. The van der Waals surface area contributed by atoms with Crippen LogP contribution in [0.15, 0.2) is 24.3 Å². The summed E-state index contributed by atoms with van der Waals surface area (Å²) in [5.74, 6) is 0.264. The summed E-state index contributed by atoms with van der Waals surface area (Å²) >= 11 is -2.12. The van der Waals surface area contributed by atoms with Crippen LogP contribution >= 0.6 is 0 Å². The molecular formula is C16H23BNO4S-. The Hall–Kier alpha value is -0.725. The fourth-order valence-electron chi connectivity index (χ4n) is 3.04. The predicted molar refractivity (Wildman–Crippen MR) is 90.0 cm³/mol. The highest BCUT2D eigenvalue weighted by Gasteiger charge is 2.51. The number of hydrogen-bond donors (Lipinski definition) is 0. The van der Waals surface area contributed by atoms with Crippen LogP contribution in [0.25, 0.3) is 0 Å². The van der Waals surface area contributed by atoms with Crippen molar-refractivity contribution in [2.45, 2.75) is 51.2 Å². The summed E-state index contributed by atoms with van der Waals surface area (Å²) in [4.78, 5) is 0. The van der Waals surface area contributed by atoms with Crippen molar-refractivity contribution in [2.75, 3.05) is 13.1 Å². The lowest BCUT2D eigenvalue weighted by Gasteiger charge is -2.32. The van der Waals surface area contributed by atoms with Crippen molar-refractivity contribution in [1.29, 1.82) is 0 Å². The van der Waals surface area contributed by atoms with E-state index in [0.717, 1.165) is 11.9 Å². The molecule has 1 aromatic rings. The van der Waals surface area contributed by atoms with E-state index < -0.39 is 11.3 Å². The van der Waals surface area contributed by atoms with Gasteiger partial charge in [0, 0.05) is 24.4 Å². The third-order valence-corrected chi connectivity index (χ3v) is 6.05. The molecule has 0 amide bonds. The first kappa shape index (κ1) is 17.1. The van der Waals surface area contributed by atoms with Crippen molar-refractivity contribution >= 4 is 23.8 Å². The smallest absolute Gasteiger partial charge is 0.494 e. The summed E-state index contributed by atoms with van der Waals surface area (Å²) in [6.45, 7) is 9.32. The lowest BCUT2D eigenvalue weighted by molar-refractivity contribution is 0.00578. The van der Waals surface area contributed by atoms with Crippen LogP contribution in [0.5, 0.6) is 0 Å². The molecule has 2 atom stereocenters. The average molecular weight is 336 g/mol. The molecule has 2 aliphatic rings. The lowest BCUT2D eigenvalue weighted by atomic mass is 9.78. The molecule has 2 heterocycles. The SMILES string of the molecule is CC1(C)OB(c2ccc(C3CCN(S(=O)[O-])C3)cc2)OC1(C)C. The van der Waals surface area contributed by atoms with Crippen molar-refractivity contribution in [3.05, 3.63) is 29.8 Å². The molecule has 0 bridgehead atoms. The highest BCUT2D eigenvalue weighted by atomic mass is 32.2. The Bertz CT molecular complexity index is 589.